The molecule has 11 nitrogen and oxygen atoms in total. The minimum atomic E-state index is -4.12. The fourth-order valence-corrected chi connectivity index (χ4v) is 5.63. The molecule has 3 aromatic rings. The zero-order valence-corrected chi connectivity index (χ0v) is 22.8. The molecular weight excluding hydrogens is 534 g/mol. The Labute approximate surface area is 226 Å². The lowest BCUT2D eigenvalue weighted by atomic mass is 10.1. The summed E-state index contributed by atoms with van der Waals surface area (Å²) in [6.45, 7) is 4.32. The molecule has 0 N–H and O–H groups in total. The highest BCUT2D eigenvalue weighted by Crippen LogP contribution is 2.40. The lowest BCUT2D eigenvalue weighted by Crippen LogP contribution is -2.43. The Morgan fingerprint density at radius 3 is 2.74 bits per heavy atom. The third-order valence-electron chi connectivity index (χ3n) is 5.80. The van der Waals surface area contributed by atoms with Crippen molar-refractivity contribution in [3.8, 4) is 11.6 Å². The van der Waals surface area contributed by atoms with E-state index in [-0.39, 0.29) is 41.9 Å². The number of rotatable bonds is 10. The van der Waals surface area contributed by atoms with Gasteiger partial charge in [0.25, 0.3) is 15.9 Å². The topological polar surface area (TPSA) is 126 Å². The molecule has 1 atom stereocenters. The molecule has 1 aliphatic heterocycles. The van der Waals surface area contributed by atoms with Gasteiger partial charge in [-0.1, -0.05) is 23.7 Å². The van der Waals surface area contributed by atoms with Gasteiger partial charge < -0.3 is 14.2 Å². The maximum Gasteiger partial charge on any atom is 0.305 e. The number of hydrogen-bond donors (Lipinski definition) is 0. The molecule has 0 spiro atoms. The highest BCUT2D eigenvalue weighted by molar-refractivity contribution is 7.93. The van der Waals surface area contributed by atoms with Crippen LogP contribution in [0.5, 0.6) is 11.6 Å². The predicted molar refractivity (Wildman–Crippen MR) is 142 cm³/mol. The van der Waals surface area contributed by atoms with Gasteiger partial charge in [0.2, 0.25) is 0 Å². The molecule has 4 rings (SSSR count). The van der Waals surface area contributed by atoms with Crippen molar-refractivity contribution in [3.05, 3.63) is 53.2 Å². The second kappa shape index (κ2) is 11.8. The first-order valence-corrected chi connectivity index (χ1v) is 13.8. The number of nitrogens with zero attached hydrogens (tertiary/aromatic N) is 5. The zero-order chi connectivity index (χ0) is 27.3. The van der Waals surface area contributed by atoms with E-state index >= 15 is 0 Å². The molecule has 0 bridgehead atoms. The van der Waals surface area contributed by atoms with Gasteiger partial charge in [0.15, 0.2) is 10.0 Å². The second-order valence-electron chi connectivity index (χ2n) is 8.27. The van der Waals surface area contributed by atoms with Gasteiger partial charge in [0, 0.05) is 31.6 Å². The monoisotopic (exact) mass is 561 g/mol. The molecule has 0 amide bonds. The molecule has 1 aliphatic rings. The Morgan fingerprint density at radius 2 is 2.03 bits per heavy atom. The van der Waals surface area contributed by atoms with Crippen molar-refractivity contribution >= 4 is 45.4 Å². The van der Waals surface area contributed by atoms with Crippen LogP contribution in [0.15, 0.2) is 41.7 Å². The molecule has 38 heavy (non-hydrogen) atoms. The van der Waals surface area contributed by atoms with Gasteiger partial charge in [-0.15, -0.1) is 5.10 Å². The molecule has 2 aromatic heterocycles. The molecule has 13 heteroatoms. The van der Waals surface area contributed by atoms with Crippen molar-refractivity contribution in [2.24, 2.45) is 0 Å². The number of carbonyl (C=O) groups is 1. The van der Waals surface area contributed by atoms with Gasteiger partial charge in [-0.3, -0.25) is 18.8 Å². The Balaban J connectivity index is 1.75. The smallest absolute Gasteiger partial charge is 0.305 e. The number of halogens is 1. The molecule has 1 unspecified atom stereocenters. The van der Waals surface area contributed by atoms with Crippen LogP contribution >= 0.6 is 11.6 Å². The van der Waals surface area contributed by atoms with Crippen LogP contribution in [-0.4, -0.2) is 60.5 Å². The lowest BCUT2D eigenvalue weighted by Gasteiger charge is -2.35. The standard InChI is InChI=1S/C25H28ClN5O6S/c1-4-30-16-22(25(29-30)36-5-2)38(33,34)31-15-18(8-11-23(32)35-3)37-21-10-7-17(14-20(21)31)6-9-19-24(26)28-13-12-27-19/h6-7,9-10,12-14,16,18H,4-5,8,11,15H2,1-3H3. The number of methoxy groups -OCH3 is 1. The van der Waals surface area contributed by atoms with Crippen molar-refractivity contribution in [2.45, 2.75) is 44.2 Å². The van der Waals surface area contributed by atoms with Gasteiger partial charge in [-0.05, 0) is 44.0 Å². The van der Waals surface area contributed by atoms with E-state index in [9.17, 15) is 13.2 Å². The number of benzene rings is 1. The number of anilines is 1. The SMILES string of the molecule is CCOc1nn(CC)cc1S(=O)(=O)N1CC(CCC(=O)OC)Oc2ccc(C=Cc3nccnc3Cl)cc21. The van der Waals surface area contributed by atoms with Gasteiger partial charge in [-0.2, -0.15) is 0 Å². The molecule has 3 heterocycles. The maximum atomic E-state index is 14.0. The lowest BCUT2D eigenvalue weighted by molar-refractivity contribution is -0.141. The largest absolute Gasteiger partial charge is 0.486 e. The van der Waals surface area contributed by atoms with Crippen LogP contribution in [0.25, 0.3) is 12.2 Å². The number of hydrogen-bond acceptors (Lipinski definition) is 9. The predicted octanol–water partition coefficient (Wildman–Crippen LogP) is 3.83. The molecule has 0 saturated carbocycles. The molecular formula is C25H28ClN5O6S. The number of aryl methyl sites for hydroxylation is 1. The van der Waals surface area contributed by atoms with E-state index in [1.54, 1.807) is 37.3 Å². The summed E-state index contributed by atoms with van der Waals surface area (Å²) in [5.41, 5.74) is 1.51. The van der Waals surface area contributed by atoms with Gasteiger partial charge >= 0.3 is 5.97 Å². The van der Waals surface area contributed by atoms with Crippen LogP contribution in [0, 0.1) is 0 Å². The van der Waals surface area contributed by atoms with Crippen LogP contribution in [0.4, 0.5) is 5.69 Å². The Bertz CT molecular complexity index is 1440. The average Bonchev–Trinajstić information content (AvgIpc) is 3.35. The van der Waals surface area contributed by atoms with E-state index in [1.165, 1.54) is 34.7 Å². The van der Waals surface area contributed by atoms with Gasteiger partial charge in [0.1, 0.15) is 17.5 Å². The minimum absolute atomic E-state index is 0.0155. The molecule has 0 aliphatic carbocycles. The Morgan fingerprint density at radius 1 is 1.24 bits per heavy atom. The summed E-state index contributed by atoms with van der Waals surface area (Å²) in [6, 6.07) is 5.18. The van der Waals surface area contributed by atoms with Crippen molar-refractivity contribution in [1.82, 2.24) is 19.7 Å². The van der Waals surface area contributed by atoms with Crippen molar-refractivity contribution in [3.63, 3.8) is 0 Å². The first-order valence-electron chi connectivity index (χ1n) is 12.0. The summed E-state index contributed by atoms with van der Waals surface area (Å²) in [4.78, 5) is 19.9. The summed E-state index contributed by atoms with van der Waals surface area (Å²) >= 11 is 6.10. The highest BCUT2D eigenvalue weighted by atomic mass is 35.5. The first-order chi connectivity index (χ1) is 18.3. The summed E-state index contributed by atoms with van der Waals surface area (Å²) in [6.07, 6.45) is 7.71. The minimum Gasteiger partial charge on any atom is -0.486 e. The summed E-state index contributed by atoms with van der Waals surface area (Å²) in [7, 11) is -2.82. The Hall–Kier alpha value is -3.64. The van der Waals surface area contributed by atoms with Crippen LogP contribution < -0.4 is 13.8 Å². The van der Waals surface area contributed by atoms with Crippen molar-refractivity contribution in [2.75, 3.05) is 24.6 Å². The van der Waals surface area contributed by atoms with Crippen LogP contribution in [0.1, 0.15) is 37.9 Å². The van der Waals surface area contributed by atoms with E-state index in [1.807, 2.05) is 6.92 Å². The number of ether oxygens (including phenoxy) is 3. The molecule has 0 saturated heterocycles. The first kappa shape index (κ1) is 27.4. The van der Waals surface area contributed by atoms with Gasteiger partial charge in [0.05, 0.1) is 25.9 Å². The van der Waals surface area contributed by atoms with Crippen LogP contribution in [0.3, 0.4) is 0 Å². The van der Waals surface area contributed by atoms with Crippen molar-refractivity contribution < 1.29 is 27.4 Å². The third-order valence-corrected chi connectivity index (χ3v) is 7.85. The number of esters is 1. The fourth-order valence-electron chi connectivity index (χ4n) is 3.89. The normalized spacial score (nSPS) is 15.3. The van der Waals surface area contributed by atoms with E-state index < -0.39 is 22.1 Å². The number of fused-ring (bicyclic) bond motifs is 1. The molecule has 0 radical (unpaired) electrons. The molecule has 202 valence electrons. The summed E-state index contributed by atoms with van der Waals surface area (Å²) in [5, 5.41) is 4.52. The summed E-state index contributed by atoms with van der Waals surface area (Å²) in [5.74, 6) is -0.00752. The summed E-state index contributed by atoms with van der Waals surface area (Å²) < 4.78 is 47.3. The number of sulfonamides is 1. The molecule has 0 fully saturated rings. The number of carbonyl (C=O) groups excluding carboxylic acids is 1. The van der Waals surface area contributed by atoms with E-state index in [0.717, 1.165) is 0 Å². The molecule has 1 aromatic carbocycles. The fraction of sp³-hybridized carbons (Fsp3) is 0.360. The zero-order valence-electron chi connectivity index (χ0n) is 21.2. The quantitative estimate of drug-likeness (QED) is 0.339. The maximum absolute atomic E-state index is 14.0. The van der Waals surface area contributed by atoms with E-state index in [0.29, 0.717) is 29.2 Å². The van der Waals surface area contributed by atoms with Gasteiger partial charge in [-0.25, -0.2) is 13.4 Å². The van der Waals surface area contributed by atoms with Crippen LogP contribution in [0.2, 0.25) is 5.15 Å². The highest BCUT2D eigenvalue weighted by Gasteiger charge is 2.37. The van der Waals surface area contributed by atoms with E-state index in [2.05, 4.69) is 15.1 Å². The average molecular weight is 562 g/mol. The number of aromatic nitrogens is 4. The van der Waals surface area contributed by atoms with Crippen LogP contribution in [-0.2, 0) is 26.1 Å². The third kappa shape index (κ3) is 5.91. The van der Waals surface area contributed by atoms with E-state index in [4.69, 9.17) is 25.8 Å². The van der Waals surface area contributed by atoms with Crippen molar-refractivity contribution in [1.29, 1.82) is 0 Å². The second-order valence-corrected chi connectivity index (χ2v) is 10.5. The Kier molecular flexibility index (Phi) is 8.52.